The maximum atomic E-state index is 5.43. The maximum absolute atomic E-state index is 5.43. The molecule has 0 aromatic carbocycles. The third kappa shape index (κ3) is 2.99. The lowest BCUT2D eigenvalue weighted by Gasteiger charge is -2.33. The van der Waals surface area contributed by atoms with Crippen molar-refractivity contribution in [2.45, 2.75) is 32.5 Å². The Hall–Kier alpha value is -1.72. The molecule has 0 aliphatic carbocycles. The molecule has 0 saturated heterocycles. The first-order valence-electron chi connectivity index (χ1n) is 7.46. The fourth-order valence-electron chi connectivity index (χ4n) is 3.19. The minimum atomic E-state index is 0.387. The molecule has 3 rings (SSSR count). The molecule has 112 valence electrons. The van der Waals surface area contributed by atoms with Gasteiger partial charge < -0.3 is 4.74 Å². The second-order valence-corrected chi connectivity index (χ2v) is 5.55. The molecule has 3 heterocycles. The van der Waals surface area contributed by atoms with E-state index in [1.165, 1.54) is 16.8 Å². The largest absolute Gasteiger partial charge is 0.384 e. The fourth-order valence-corrected chi connectivity index (χ4v) is 3.19. The number of methoxy groups -OCH3 is 1. The number of fused-ring (bicyclic) bond motifs is 1. The molecule has 0 unspecified atom stereocenters. The van der Waals surface area contributed by atoms with Crippen LogP contribution in [0.15, 0.2) is 30.7 Å². The quantitative estimate of drug-likeness (QED) is 0.843. The average Bonchev–Trinajstić information content (AvgIpc) is 2.92. The summed E-state index contributed by atoms with van der Waals surface area (Å²) in [6.45, 7) is 6.66. The lowest BCUT2D eigenvalue weighted by atomic mass is 9.96. The predicted molar refractivity (Wildman–Crippen MR) is 80.9 cm³/mol. The molecule has 1 aliphatic heterocycles. The summed E-state index contributed by atoms with van der Waals surface area (Å²) >= 11 is 0. The number of ether oxygens (including phenoxy) is 1. The van der Waals surface area contributed by atoms with E-state index in [4.69, 9.17) is 4.74 Å². The first-order chi connectivity index (χ1) is 10.3. The van der Waals surface area contributed by atoms with Crippen LogP contribution in [0.2, 0.25) is 0 Å². The Balaban J connectivity index is 1.81. The molecule has 0 bridgehead atoms. The van der Waals surface area contributed by atoms with Crippen LogP contribution in [0.1, 0.15) is 29.7 Å². The van der Waals surface area contributed by atoms with Crippen molar-refractivity contribution >= 4 is 0 Å². The van der Waals surface area contributed by atoms with Gasteiger partial charge in [0.05, 0.1) is 12.8 Å². The van der Waals surface area contributed by atoms with E-state index in [-0.39, 0.29) is 0 Å². The predicted octanol–water partition coefficient (Wildman–Crippen LogP) is 2.04. The molecule has 0 spiro atoms. The molecular weight excluding hydrogens is 264 g/mol. The zero-order valence-corrected chi connectivity index (χ0v) is 12.7. The first kappa shape index (κ1) is 14.2. The molecule has 0 amide bonds. The van der Waals surface area contributed by atoms with Crippen LogP contribution in [0.3, 0.4) is 0 Å². The van der Waals surface area contributed by atoms with Gasteiger partial charge in [0.25, 0.3) is 0 Å². The molecule has 2 aromatic heterocycles. The van der Waals surface area contributed by atoms with Crippen molar-refractivity contribution in [2.75, 3.05) is 20.3 Å². The normalized spacial score (nSPS) is 18.7. The number of pyridine rings is 1. The molecule has 1 aliphatic rings. The highest BCUT2D eigenvalue weighted by atomic mass is 16.5. The number of nitrogens with zero attached hydrogens (tertiary/aromatic N) is 4. The van der Waals surface area contributed by atoms with Crippen molar-refractivity contribution in [3.8, 4) is 0 Å². The van der Waals surface area contributed by atoms with Gasteiger partial charge in [-0.15, -0.1) is 0 Å². The van der Waals surface area contributed by atoms with Crippen molar-refractivity contribution in [3.63, 3.8) is 0 Å². The number of hydrogen-bond donors (Lipinski definition) is 0. The Morgan fingerprint density at radius 1 is 1.38 bits per heavy atom. The molecule has 1 atom stereocenters. The lowest BCUT2D eigenvalue weighted by molar-refractivity contribution is 0.132. The van der Waals surface area contributed by atoms with E-state index < -0.39 is 0 Å². The topological polar surface area (TPSA) is 43.2 Å². The average molecular weight is 286 g/mol. The second kappa shape index (κ2) is 6.37. The Morgan fingerprint density at radius 2 is 2.29 bits per heavy atom. The summed E-state index contributed by atoms with van der Waals surface area (Å²) in [5, 5.41) is 4.51. The first-order valence-corrected chi connectivity index (χ1v) is 7.46. The molecular formula is C16H22N4O. The standard InChI is InChI=1S/C16H22N4O/c1-3-20-16-14(8-18-20)10-19(11-15(16)12-21-2)9-13-5-4-6-17-7-13/h4-8,15H,3,9-12H2,1-2H3/t15-/m1/s1. The molecule has 0 fully saturated rings. The highest BCUT2D eigenvalue weighted by Gasteiger charge is 2.29. The molecule has 0 saturated carbocycles. The second-order valence-electron chi connectivity index (χ2n) is 5.55. The Morgan fingerprint density at radius 3 is 3.00 bits per heavy atom. The van der Waals surface area contributed by atoms with Crippen LogP contribution >= 0.6 is 0 Å². The van der Waals surface area contributed by atoms with Gasteiger partial charge in [0.15, 0.2) is 0 Å². The molecule has 0 radical (unpaired) electrons. The van der Waals surface area contributed by atoms with Crippen LogP contribution in [-0.2, 0) is 24.4 Å². The monoisotopic (exact) mass is 286 g/mol. The number of rotatable bonds is 5. The molecule has 0 N–H and O–H groups in total. The summed E-state index contributed by atoms with van der Waals surface area (Å²) in [6, 6.07) is 4.12. The van der Waals surface area contributed by atoms with Crippen LogP contribution in [0, 0.1) is 0 Å². The van der Waals surface area contributed by atoms with Gasteiger partial charge in [0.1, 0.15) is 0 Å². The van der Waals surface area contributed by atoms with E-state index in [2.05, 4.69) is 32.7 Å². The highest BCUT2D eigenvalue weighted by Crippen LogP contribution is 2.29. The summed E-state index contributed by atoms with van der Waals surface area (Å²) in [4.78, 5) is 6.65. The van der Waals surface area contributed by atoms with Crippen LogP contribution in [0.4, 0.5) is 0 Å². The van der Waals surface area contributed by atoms with E-state index >= 15 is 0 Å². The van der Waals surface area contributed by atoms with Gasteiger partial charge in [-0.25, -0.2) is 0 Å². The molecule has 5 heteroatoms. The minimum Gasteiger partial charge on any atom is -0.384 e. The van der Waals surface area contributed by atoms with E-state index in [1.54, 1.807) is 7.11 Å². The summed E-state index contributed by atoms with van der Waals surface area (Å²) in [5.41, 5.74) is 3.93. The summed E-state index contributed by atoms with van der Waals surface area (Å²) < 4.78 is 7.54. The van der Waals surface area contributed by atoms with E-state index in [1.807, 2.05) is 24.7 Å². The SMILES string of the molecule is CCn1ncc2c1[C@@H](COC)CN(Cc1cccnc1)C2. The van der Waals surface area contributed by atoms with Crippen molar-refractivity contribution in [1.82, 2.24) is 19.7 Å². The smallest absolute Gasteiger partial charge is 0.0558 e. The highest BCUT2D eigenvalue weighted by molar-refractivity contribution is 5.26. The van der Waals surface area contributed by atoms with Crippen molar-refractivity contribution < 1.29 is 4.74 Å². The van der Waals surface area contributed by atoms with Crippen LogP contribution in [0.25, 0.3) is 0 Å². The minimum absolute atomic E-state index is 0.387. The molecule has 2 aromatic rings. The van der Waals surface area contributed by atoms with Crippen molar-refractivity contribution in [1.29, 1.82) is 0 Å². The van der Waals surface area contributed by atoms with E-state index in [9.17, 15) is 0 Å². The van der Waals surface area contributed by atoms with Crippen LogP contribution in [0.5, 0.6) is 0 Å². The van der Waals surface area contributed by atoms with Crippen LogP contribution < -0.4 is 0 Å². The van der Waals surface area contributed by atoms with E-state index in [0.717, 1.165) is 32.8 Å². The summed E-state index contributed by atoms with van der Waals surface area (Å²) in [7, 11) is 1.77. The zero-order valence-electron chi connectivity index (χ0n) is 12.7. The van der Waals surface area contributed by atoms with Gasteiger partial charge in [-0.3, -0.25) is 14.6 Å². The number of aromatic nitrogens is 3. The zero-order chi connectivity index (χ0) is 14.7. The van der Waals surface area contributed by atoms with Gasteiger partial charge in [0.2, 0.25) is 0 Å². The van der Waals surface area contributed by atoms with Gasteiger partial charge in [-0.1, -0.05) is 6.07 Å². The van der Waals surface area contributed by atoms with Crippen LogP contribution in [-0.4, -0.2) is 39.9 Å². The third-order valence-electron chi connectivity index (χ3n) is 4.02. The maximum Gasteiger partial charge on any atom is 0.0558 e. The number of hydrogen-bond acceptors (Lipinski definition) is 4. The van der Waals surface area contributed by atoms with Gasteiger partial charge >= 0.3 is 0 Å². The summed E-state index contributed by atoms with van der Waals surface area (Å²) in [5.74, 6) is 0.387. The fraction of sp³-hybridized carbons (Fsp3) is 0.500. The van der Waals surface area contributed by atoms with Gasteiger partial charge in [0, 0.05) is 62.9 Å². The summed E-state index contributed by atoms with van der Waals surface area (Å²) in [6.07, 6.45) is 5.77. The Labute approximate surface area is 125 Å². The van der Waals surface area contributed by atoms with Gasteiger partial charge in [-0.05, 0) is 18.6 Å². The molecule has 5 nitrogen and oxygen atoms in total. The van der Waals surface area contributed by atoms with Crippen molar-refractivity contribution in [2.24, 2.45) is 0 Å². The third-order valence-corrected chi connectivity index (χ3v) is 4.02. The Kier molecular flexibility index (Phi) is 4.31. The molecule has 21 heavy (non-hydrogen) atoms. The van der Waals surface area contributed by atoms with E-state index in [0.29, 0.717) is 5.92 Å². The van der Waals surface area contributed by atoms with Crippen molar-refractivity contribution in [3.05, 3.63) is 47.5 Å². The lowest BCUT2D eigenvalue weighted by Crippen LogP contribution is -2.35. The Bertz CT molecular complexity index is 581. The number of aryl methyl sites for hydroxylation is 1. The van der Waals surface area contributed by atoms with Gasteiger partial charge in [-0.2, -0.15) is 5.10 Å².